The molecule has 0 radical (unpaired) electrons. The lowest BCUT2D eigenvalue weighted by Gasteiger charge is -2.24. The normalized spacial score (nSPS) is 12.5. The summed E-state index contributed by atoms with van der Waals surface area (Å²) in [5, 5.41) is 10.7. The second-order valence-corrected chi connectivity index (χ2v) is 6.85. The van der Waals surface area contributed by atoms with Gasteiger partial charge in [-0.15, -0.1) is 24.0 Å². The molecule has 1 unspecified atom stereocenters. The number of rotatable bonds is 10. The number of ether oxygens (including phenoxy) is 2. The Morgan fingerprint density at radius 3 is 2.58 bits per heavy atom. The van der Waals surface area contributed by atoms with Crippen LogP contribution in [-0.4, -0.2) is 61.5 Å². The smallest absolute Gasteiger partial charge is 0.387 e. The van der Waals surface area contributed by atoms with Gasteiger partial charge in [-0.2, -0.15) is 13.9 Å². The van der Waals surface area contributed by atoms with Crippen LogP contribution in [0.15, 0.2) is 35.6 Å². The number of aryl methyl sites for hydroxylation is 1. The molecule has 11 heteroatoms. The van der Waals surface area contributed by atoms with E-state index in [1.165, 1.54) is 13.2 Å². The van der Waals surface area contributed by atoms with Gasteiger partial charge in [0.1, 0.15) is 11.5 Å². The molecule has 174 valence electrons. The quantitative estimate of drug-likeness (QED) is 0.268. The fraction of sp³-hybridized carbons (Fsp3) is 0.500. The van der Waals surface area contributed by atoms with Crippen molar-refractivity contribution < 1.29 is 18.3 Å². The highest BCUT2D eigenvalue weighted by Gasteiger charge is 2.17. The van der Waals surface area contributed by atoms with Gasteiger partial charge in [-0.05, 0) is 39.2 Å². The van der Waals surface area contributed by atoms with Gasteiger partial charge in [-0.1, -0.05) is 0 Å². The molecule has 8 nitrogen and oxygen atoms in total. The van der Waals surface area contributed by atoms with Gasteiger partial charge in [0.15, 0.2) is 5.96 Å². The molecule has 0 bridgehead atoms. The Balaban J connectivity index is 0.00000480. The number of methoxy groups -OCH3 is 1. The van der Waals surface area contributed by atoms with E-state index >= 15 is 0 Å². The van der Waals surface area contributed by atoms with Crippen molar-refractivity contribution in [1.29, 1.82) is 0 Å². The number of hydrogen-bond acceptors (Lipinski definition) is 5. The molecular weight excluding hydrogens is 521 g/mol. The van der Waals surface area contributed by atoms with E-state index in [9.17, 15) is 8.78 Å². The monoisotopic (exact) mass is 552 g/mol. The van der Waals surface area contributed by atoms with Crippen LogP contribution in [0.4, 0.5) is 8.78 Å². The largest absolute Gasteiger partial charge is 0.497 e. The summed E-state index contributed by atoms with van der Waals surface area (Å²) in [6, 6.07) is 4.75. The lowest BCUT2D eigenvalue weighted by Crippen LogP contribution is -2.41. The number of nitrogens with one attached hydrogen (secondary N) is 2. The van der Waals surface area contributed by atoms with Gasteiger partial charge in [0.25, 0.3) is 0 Å². The highest BCUT2D eigenvalue weighted by molar-refractivity contribution is 14.0. The lowest BCUT2D eigenvalue weighted by atomic mass is 10.1. The maximum Gasteiger partial charge on any atom is 0.387 e. The van der Waals surface area contributed by atoms with Gasteiger partial charge in [0.05, 0.1) is 25.9 Å². The van der Waals surface area contributed by atoms with E-state index in [2.05, 4.69) is 30.4 Å². The SMILES string of the molecule is CCNC(=NCc1cc(OC)ccc1OC(F)F)NCC(c1cnn(C)c1)N(C)C.I. The zero-order chi connectivity index (χ0) is 22.1. The molecule has 0 amide bonds. The minimum absolute atomic E-state index is 0. The van der Waals surface area contributed by atoms with Crippen molar-refractivity contribution in [3.8, 4) is 11.5 Å². The highest BCUT2D eigenvalue weighted by atomic mass is 127. The Morgan fingerprint density at radius 2 is 2.03 bits per heavy atom. The van der Waals surface area contributed by atoms with E-state index < -0.39 is 6.61 Å². The van der Waals surface area contributed by atoms with Crippen molar-refractivity contribution in [3.05, 3.63) is 41.7 Å². The molecule has 31 heavy (non-hydrogen) atoms. The summed E-state index contributed by atoms with van der Waals surface area (Å²) in [6.45, 7) is 0.437. The van der Waals surface area contributed by atoms with Crippen LogP contribution in [-0.2, 0) is 13.6 Å². The molecule has 0 saturated heterocycles. The second-order valence-electron chi connectivity index (χ2n) is 6.85. The molecular formula is C20H31F2IN6O2. The van der Waals surface area contributed by atoms with Gasteiger partial charge in [0, 0.05) is 37.5 Å². The lowest BCUT2D eigenvalue weighted by molar-refractivity contribution is -0.0504. The van der Waals surface area contributed by atoms with Gasteiger partial charge in [-0.25, -0.2) is 4.99 Å². The number of nitrogens with zero attached hydrogens (tertiary/aromatic N) is 4. The third-order valence-corrected chi connectivity index (χ3v) is 4.43. The number of guanidine groups is 1. The minimum Gasteiger partial charge on any atom is -0.497 e. The molecule has 1 aromatic carbocycles. The van der Waals surface area contributed by atoms with E-state index in [1.54, 1.807) is 16.8 Å². The molecule has 0 saturated carbocycles. The van der Waals surface area contributed by atoms with Crippen LogP contribution in [0.3, 0.4) is 0 Å². The Morgan fingerprint density at radius 1 is 1.29 bits per heavy atom. The number of aliphatic imine (C=N–C) groups is 1. The maximum absolute atomic E-state index is 12.7. The van der Waals surface area contributed by atoms with Gasteiger partial charge in [0.2, 0.25) is 0 Å². The standard InChI is InChI=1S/C20H30F2N6O2.HI/c1-6-23-20(25-12-17(27(2)3)15-11-26-28(4)13-15)24-10-14-9-16(29-5)7-8-18(14)30-19(21)22;/h7-9,11,13,17,19H,6,10,12H2,1-5H3,(H2,23,24,25);1H. The predicted molar refractivity (Wildman–Crippen MR) is 127 cm³/mol. The average Bonchev–Trinajstić information content (AvgIpc) is 3.12. The molecule has 1 aromatic heterocycles. The molecule has 2 aromatic rings. The molecule has 0 fully saturated rings. The van der Waals surface area contributed by atoms with E-state index in [0.29, 0.717) is 30.4 Å². The van der Waals surface area contributed by atoms with Crippen molar-refractivity contribution in [3.63, 3.8) is 0 Å². The van der Waals surface area contributed by atoms with Crippen LogP contribution in [0.25, 0.3) is 0 Å². The molecule has 0 aliphatic heterocycles. The average molecular weight is 552 g/mol. The summed E-state index contributed by atoms with van der Waals surface area (Å²) in [7, 11) is 7.38. The van der Waals surface area contributed by atoms with Gasteiger partial charge >= 0.3 is 6.61 Å². The van der Waals surface area contributed by atoms with Crippen molar-refractivity contribution in [2.24, 2.45) is 12.0 Å². The first-order valence-electron chi connectivity index (χ1n) is 9.62. The predicted octanol–water partition coefficient (Wildman–Crippen LogP) is 3.01. The number of aromatic nitrogens is 2. The first kappa shape index (κ1) is 26.9. The Kier molecular flexibility index (Phi) is 11.5. The summed E-state index contributed by atoms with van der Waals surface area (Å²) in [5.74, 6) is 1.19. The van der Waals surface area contributed by atoms with E-state index in [0.717, 1.165) is 5.56 Å². The summed E-state index contributed by atoms with van der Waals surface area (Å²) in [5.41, 5.74) is 1.58. The van der Waals surface area contributed by atoms with Crippen LogP contribution >= 0.6 is 24.0 Å². The number of benzene rings is 1. The van der Waals surface area contributed by atoms with E-state index in [-0.39, 0.29) is 42.3 Å². The van der Waals surface area contributed by atoms with E-state index in [4.69, 9.17) is 4.74 Å². The number of halogens is 3. The molecule has 1 heterocycles. The van der Waals surface area contributed by atoms with Crippen LogP contribution in [0.2, 0.25) is 0 Å². The fourth-order valence-electron chi connectivity index (χ4n) is 2.93. The number of hydrogen-bond donors (Lipinski definition) is 2. The molecule has 1 atom stereocenters. The summed E-state index contributed by atoms with van der Waals surface area (Å²) < 4.78 is 37.0. The molecule has 0 aliphatic rings. The van der Waals surface area contributed by atoms with E-state index in [1.807, 2.05) is 40.5 Å². The zero-order valence-electron chi connectivity index (χ0n) is 18.4. The van der Waals surface area contributed by atoms with Crippen molar-refractivity contribution >= 4 is 29.9 Å². The third kappa shape index (κ3) is 8.48. The van der Waals surface area contributed by atoms with Crippen LogP contribution in [0.5, 0.6) is 11.5 Å². The maximum atomic E-state index is 12.7. The highest BCUT2D eigenvalue weighted by Crippen LogP contribution is 2.26. The fourth-order valence-corrected chi connectivity index (χ4v) is 2.93. The topological polar surface area (TPSA) is 75.9 Å². The first-order chi connectivity index (χ1) is 14.3. The molecule has 0 spiro atoms. The summed E-state index contributed by atoms with van der Waals surface area (Å²) >= 11 is 0. The molecule has 2 N–H and O–H groups in total. The zero-order valence-corrected chi connectivity index (χ0v) is 20.8. The van der Waals surface area contributed by atoms with Gasteiger partial charge in [-0.3, -0.25) is 4.68 Å². The number of alkyl halides is 2. The van der Waals surface area contributed by atoms with Crippen molar-refractivity contribution in [1.82, 2.24) is 25.3 Å². The second kappa shape index (κ2) is 13.3. The Labute approximate surface area is 199 Å². The van der Waals surface area contributed by atoms with Crippen molar-refractivity contribution in [2.75, 3.05) is 34.3 Å². The summed E-state index contributed by atoms with van der Waals surface area (Å²) in [4.78, 5) is 6.62. The number of likely N-dealkylation sites (N-methyl/N-ethyl adjacent to an activating group) is 1. The van der Waals surface area contributed by atoms with Crippen LogP contribution in [0.1, 0.15) is 24.1 Å². The molecule has 2 rings (SSSR count). The minimum atomic E-state index is -2.91. The Hall–Kier alpha value is -2.15. The third-order valence-electron chi connectivity index (χ3n) is 4.43. The molecule has 0 aliphatic carbocycles. The Bertz CT molecular complexity index is 832. The summed E-state index contributed by atoms with van der Waals surface area (Å²) in [6.07, 6.45) is 3.81. The van der Waals surface area contributed by atoms with Gasteiger partial charge < -0.3 is 25.0 Å². The first-order valence-corrected chi connectivity index (χ1v) is 9.62. The van der Waals surface area contributed by atoms with Crippen LogP contribution < -0.4 is 20.1 Å². The van der Waals surface area contributed by atoms with Crippen molar-refractivity contribution in [2.45, 2.75) is 26.1 Å². The van der Waals surface area contributed by atoms with Crippen LogP contribution in [0, 0.1) is 0 Å².